The molecule has 4 nitrogen and oxygen atoms in total. The highest BCUT2D eigenvalue weighted by atomic mass is 16.1. The van der Waals surface area contributed by atoms with E-state index in [0.717, 1.165) is 25.7 Å². The number of likely N-dealkylation sites (tertiary alicyclic amines) is 1. The average molecular weight is 269 g/mol. The second kappa shape index (κ2) is 7.85. The summed E-state index contributed by atoms with van der Waals surface area (Å²) in [6.45, 7) is 9.57. The molecule has 1 saturated heterocycles. The molecule has 0 radical (unpaired) electrons. The van der Waals surface area contributed by atoms with Gasteiger partial charge in [0.25, 0.3) is 0 Å². The number of hydrogen-bond donors (Lipinski definition) is 1. The maximum Gasteiger partial charge on any atom is 0.219 e. The van der Waals surface area contributed by atoms with E-state index in [2.05, 4.69) is 43.1 Å². The first-order valence-electron chi connectivity index (χ1n) is 7.62. The molecule has 112 valence electrons. The van der Waals surface area contributed by atoms with Crippen molar-refractivity contribution in [1.82, 2.24) is 15.1 Å². The van der Waals surface area contributed by atoms with E-state index in [1.54, 1.807) is 0 Å². The van der Waals surface area contributed by atoms with E-state index in [9.17, 15) is 4.79 Å². The fraction of sp³-hybridized carbons (Fsp3) is 0.933. The minimum atomic E-state index is 0.168. The van der Waals surface area contributed by atoms with Crippen LogP contribution in [0.4, 0.5) is 0 Å². The van der Waals surface area contributed by atoms with Gasteiger partial charge in [-0.2, -0.15) is 0 Å². The predicted molar refractivity (Wildman–Crippen MR) is 80.2 cm³/mol. The number of nitrogens with zero attached hydrogens (tertiary/aromatic N) is 2. The van der Waals surface area contributed by atoms with E-state index >= 15 is 0 Å². The Morgan fingerprint density at radius 1 is 1.32 bits per heavy atom. The first-order valence-corrected chi connectivity index (χ1v) is 7.62. The fourth-order valence-electron chi connectivity index (χ4n) is 2.63. The molecule has 1 N–H and O–H groups in total. The lowest BCUT2D eigenvalue weighted by Crippen LogP contribution is -2.50. The normalized spacial score (nSPS) is 19.9. The van der Waals surface area contributed by atoms with Crippen molar-refractivity contribution in [3.63, 3.8) is 0 Å². The molecule has 0 aromatic rings. The van der Waals surface area contributed by atoms with Crippen LogP contribution in [0.25, 0.3) is 0 Å². The molecule has 0 spiro atoms. The van der Waals surface area contributed by atoms with Gasteiger partial charge in [0.05, 0.1) is 0 Å². The van der Waals surface area contributed by atoms with Crippen molar-refractivity contribution in [3.8, 4) is 0 Å². The van der Waals surface area contributed by atoms with E-state index in [4.69, 9.17) is 0 Å². The molecule has 1 fully saturated rings. The molecule has 0 unspecified atom stereocenters. The van der Waals surface area contributed by atoms with Crippen LogP contribution in [0.5, 0.6) is 0 Å². The molecule has 0 aliphatic carbocycles. The second-order valence-corrected chi connectivity index (χ2v) is 6.27. The molecule has 4 heteroatoms. The van der Waals surface area contributed by atoms with Crippen LogP contribution in [0.2, 0.25) is 0 Å². The SMILES string of the molecule is CCC(=O)N[C@@H](CN1CCC(N(C)C)CC1)C(C)C. The molecule has 0 aromatic heterocycles. The zero-order valence-electron chi connectivity index (χ0n) is 13.3. The van der Waals surface area contributed by atoms with Crippen LogP contribution >= 0.6 is 0 Å². The topological polar surface area (TPSA) is 35.6 Å². The lowest BCUT2D eigenvalue weighted by atomic mass is 10.00. The van der Waals surface area contributed by atoms with Gasteiger partial charge in [-0.3, -0.25) is 4.79 Å². The highest BCUT2D eigenvalue weighted by Crippen LogP contribution is 2.15. The summed E-state index contributed by atoms with van der Waals surface area (Å²) in [5, 5.41) is 3.16. The van der Waals surface area contributed by atoms with Gasteiger partial charge in [-0.25, -0.2) is 0 Å². The zero-order valence-corrected chi connectivity index (χ0v) is 13.3. The second-order valence-electron chi connectivity index (χ2n) is 6.27. The van der Waals surface area contributed by atoms with Crippen LogP contribution in [0.3, 0.4) is 0 Å². The van der Waals surface area contributed by atoms with Crippen molar-refractivity contribution >= 4 is 5.91 Å². The average Bonchev–Trinajstić information content (AvgIpc) is 2.38. The van der Waals surface area contributed by atoms with Crippen molar-refractivity contribution in [3.05, 3.63) is 0 Å². The molecule has 1 heterocycles. The quantitative estimate of drug-likeness (QED) is 0.795. The van der Waals surface area contributed by atoms with Crippen molar-refractivity contribution < 1.29 is 4.79 Å². The zero-order chi connectivity index (χ0) is 14.4. The van der Waals surface area contributed by atoms with Gasteiger partial charge in [0.1, 0.15) is 0 Å². The molecule has 1 aliphatic heterocycles. The molecule has 0 saturated carbocycles. The number of hydrogen-bond acceptors (Lipinski definition) is 3. The number of piperidine rings is 1. The number of amides is 1. The van der Waals surface area contributed by atoms with E-state index in [1.807, 2.05) is 6.92 Å². The molecule has 1 aliphatic rings. The van der Waals surface area contributed by atoms with Gasteiger partial charge in [0, 0.05) is 25.0 Å². The highest BCUT2D eigenvalue weighted by Gasteiger charge is 2.24. The molecule has 1 amide bonds. The van der Waals surface area contributed by atoms with Crippen LogP contribution < -0.4 is 5.32 Å². The van der Waals surface area contributed by atoms with Gasteiger partial charge >= 0.3 is 0 Å². The lowest BCUT2D eigenvalue weighted by molar-refractivity contribution is -0.122. The molecule has 0 bridgehead atoms. The monoisotopic (exact) mass is 269 g/mol. The van der Waals surface area contributed by atoms with Crippen molar-refractivity contribution in [2.24, 2.45) is 5.92 Å². The van der Waals surface area contributed by atoms with Gasteiger partial charge in [-0.1, -0.05) is 20.8 Å². The third-order valence-electron chi connectivity index (χ3n) is 4.21. The van der Waals surface area contributed by atoms with Gasteiger partial charge in [-0.15, -0.1) is 0 Å². The first-order chi connectivity index (χ1) is 8.93. The minimum Gasteiger partial charge on any atom is -0.352 e. The smallest absolute Gasteiger partial charge is 0.219 e. The lowest BCUT2D eigenvalue weighted by Gasteiger charge is -2.37. The minimum absolute atomic E-state index is 0.168. The summed E-state index contributed by atoms with van der Waals surface area (Å²) in [7, 11) is 4.33. The summed E-state index contributed by atoms with van der Waals surface area (Å²) in [6.07, 6.45) is 3.05. The maximum atomic E-state index is 11.6. The first kappa shape index (κ1) is 16.4. The Morgan fingerprint density at radius 2 is 1.89 bits per heavy atom. The van der Waals surface area contributed by atoms with Gasteiger partial charge in [0.15, 0.2) is 0 Å². The Hall–Kier alpha value is -0.610. The van der Waals surface area contributed by atoms with Crippen LogP contribution in [-0.4, -0.2) is 61.5 Å². The van der Waals surface area contributed by atoms with Crippen LogP contribution in [0.1, 0.15) is 40.0 Å². The summed E-state index contributed by atoms with van der Waals surface area (Å²) in [5.41, 5.74) is 0. The van der Waals surface area contributed by atoms with Crippen LogP contribution in [-0.2, 0) is 4.79 Å². The number of carbonyl (C=O) groups excluding carboxylic acids is 1. The molecular formula is C15H31N3O. The summed E-state index contributed by atoms with van der Waals surface area (Å²) < 4.78 is 0. The van der Waals surface area contributed by atoms with Crippen molar-refractivity contribution in [1.29, 1.82) is 0 Å². The van der Waals surface area contributed by atoms with Gasteiger partial charge < -0.3 is 15.1 Å². The van der Waals surface area contributed by atoms with Crippen LogP contribution in [0, 0.1) is 5.92 Å². The number of rotatable bonds is 6. The van der Waals surface area contributed by atoms with Crippen molar-refractivity contribution in [2.45, 2.75) is 52.1 Å². The summed E-state index contributed by atoms with van der Waals surface area (Å²) in [6, 6.07) is 1.00. The summed E-state index contributed by atoms with van der Waals surface area (Å²) in [4.78, 5) is 16.4. The Bertz CT molecular complexity index is 271. The van der Waals surface area contributed by atoms with Gasteiger partial charge in [0.2, 0.25) is 5.91 Å². The molecule has 19 heavy (non-hydrogen) atoms. The van der Waals surface area contributed by atoms with Crippen molar-refractivity contribution in [2.75, 3.05) is 33.7 Å². The number of nitrogens with one attached hydrogen (secondary N) is 1. The highest BCUT2D eigenvalue weighted by molar-refractivity contribution is 5.75. The Kier molecular flexibility index (Phi) is 6.80. The standard InChI is InChI=1S/C15H31N3O/c1-6-15(19)16-14(12(2)3)11-18-9-7-13(8-10-18)17(4)5/h12-14H,6-11H2,1-5H3,(H,16,19)/t14-/m0/s1. The Balaban J connectivity index is 2.41. The predicted octanol–water partition coefficient (Wildman–Crippen LogP) is 1.56. The maximum absolute atomic E-state index is 11.6. The van der Waals surface area contributed by atoms with Crippen LogP contribution in [0.15, 0.2) is 0 Å². The number of carbonyl (C=O) groups is 1. The van der Waals surface area contributed by atoms with E-state index < -0.39 is 0 Å². The van der Waals surface area contributed by atoms with E-state index in [-0.39, 0.29) is 11.9 Å². The molecule has 0 aromatic carbocycles. The third kappa shape index (κ3) is 5.49. The molecule has 1 atom stereocenters. The Morgan fingerprint density at radius 3 is 2.32 bits per heavy atom. The molecular weight excluding hydrogens is 238 g/mol. The summed E-state index contributed by atoms with van der Waals surface area (Å²) >= 11 is 0. The van der Waals surface area contributed by atoms with E-state index in [0.29, 0.717) is 12.3 Å². The molecule has 1 rings (SSSR count). The van der Waals surface area contributed by atoms with Gasteiger partial charge in [-0.05, 0) is 45.9 Å². The Labute approximate surface area is 118 Å². The summed E-state index contributed by atoms with van der Waals surface area (Å²) in [5.74, 6) is 0.656. The largest absolute Gasteiger partial charge is 0.352 e. The van der Waals surface area contributed by atoms with E-state index in [1.165, 1.54) is 12.8 Å². The third-order valence-corrected chi connectivity index (χ3v) is 4.21. The fourth-order valence-corrected chi connectivity index (χ4v) is 2.63.